The lowest BCUT2D eigenvalue weighted by atomic mass is 10.3. The first-order chi connectivity index (χ1) is 13.5. The maximum absolute atomic E-state index is 12.2. The van der Waals surface area contributed by atoms with Crippen molar-refractivity contribution in [3.05, 3.63) is 71.6 Å². The first-order valence-corrected chi connectivity index (χ1v) is 9.62. The van der Waals surface area contributed by atoms with Crippen LogP contribution in [0, 0.1) is 0 Å². The molecule has 0 radical (unpaired) electrons. The summed E-state index contributed by atoms with van der Waals surface area (Å²) in [6.45, 7) is 0. The van der Waals surface area contributed by atoms with Crippen LogP contribution in [0.15, 0.2) is 70.2 Å². The topological polar surface area (TPSA) is 80.6 Å². The molecule has 0 saturated carbocycles. The highest BCUT2D eigenvalue weighted by molar-refractivity contribution is 8.00. The molecule has 0 atom stereocenters. The Balaban J connectivity index is 1.52. The van der Waals surface area contributed by atoms with Gasteiger partial charge in [0.05, 0.1) is 24.8 Å². The second-order valence-electron chi connectivity index (χ2n) is 5.64. The molecule has 2 aromatic carbocycles. The van der Waals surface area contributed by atoms with Crippen molar-refractivity contribution in [1.82, 2.24) is 0 Å². The maximum atomic E-state index is 12.2. The molecule has 8 heteroatoms. The molecule has 0 aliphatic rings. The number of rotatable bonds is 7. The Labute approximate surface area is 171 Å². The second kappa shape index (κ2) is 9.34. The van der Waals surface area contributed by atoms with Crippen molar-refractivity contribution in [2.75, 3.05) is 23.5 Å². The number of nitrogens with one attached hydrogen (secondary N) is 2. The summed E-state index contributed by atoms with van der Waals surface area (Å²) < 4.78 is 10.3. The van der Waals surface area contributed by atoms with E-state index in [0.29, 0.717) is 22.1 Å². The number of hydrogen-bond acceptors (Lipinski definition) is 5. The first-order valence-electron chi connectivity index (χ1n) is 8.26. The van der Waals surface area contributed by atoms with Crippen molar-refractivity contribution >= 4 is 46.6 Å². The molecule has 2 N–H and O–H groups in total. The van der Waals surface area contributed by atoms with Gasteiger partial charge in [0.15, 0.2) is 5.76 Å². The van der Waals surface area contributed by atoms with E-state index in [0.717, 1.165) is 4.90 Å². The number of benzene rings is 2. The Morgan fingerprint density at radius 2 is 1.89 bits per heavy atom. The zero-order valence-electron chi connectivity index (χ0n) is 14.9. The fraction of sp³-hybridized carbons (Fsp3) is 0.100. The quantitative estimate of drug-likeness (QED) is 0.534. The van der Waals surface area contributed by atoms with Gasteiger partial charge in [-0.3, -0.25) is 9.59 Å². The fourth-order valence-corrected chi connectivity index (χ4v) is 3.22. The van der Waals surface area contributed by atoms with E-state index in [9.17, 15) is 9.59 Å². The van der Waals surface area contributed by atoms with Gasteiger partial charge in [0.2, 0.25) is 5.91 Å². The summed E-state index contributed by atoms with van der Waals surface area (Å²) in [6.07, 6.45) is 1.44. The molecule has 0 bridgehead atoms. The second-order valence-corrected chi connectivity index (χ2v) is 7.12. The average Bonchev–Trinajstić information content (AvgIpc) is 3.23. The van der Waals surface area contributed by atoms with Gasteiger partial charge in [0.25, 0.3) is 5.91 Å². The summed E-state index contributed by atoms with van der Waals surface area (Å²) in [7, 11) is 1.53. The van der Waals surface area contributed by atoms with Gasteiger partial charge < -0.3 is 19.8 Å². The first kappa shape index (κ1) is 19.9. The zero-order chi connectivity index (χ0) is 19.9. The van der Waals surface area contributed by atoms with E-state index in [1.807, 2.05) is 12.1 Å². The Kier molecular flexibility index (Phi) is 6.62. The van der Waals surface area contributed by atoms with Crippen molar-refractivity contribution in [1.29, 1.82) is 0 Å². The number of carbonyl (C=O) groups is 2. The molecular weight excluding hydrogens is 400 g/mol. The molecule has 0 fully saturated rings. The molecule has 0 aliphatic heterocycles. The van der Waals surface area contributed by atoms with Gasteiger partial charge >= 0.3 is 0 Å². The third-order valence-corrected chi connectivity index (χ3v) is 4.91. The molecule has 3 rings (SSSR count). The number of ether oxygens (including phenoxy) is 1. The molecule has 1 heterocycles. The molecule has 1 aromatic heterocycles. The van der Waals surface area contributed by atoms with E-state index in [1.54, 1.807) is 42.5 Å². The van der Waals surface area contributed by atoms with Gasteiger partial charge in [0.1, 0.15) is 5.75 Å². The Morgan fingerprint density at radius 1 is 1.11 bits per heavy atom. The van der Waals surface area contributed by atoms with Crippen LogP contribution in [0.1, 0.15) is 10.6 Å². The lowest BCUT2D eigenvalue weighted by molar-refractivity contribution is -0.113. The number of amides is 2. The Morgan fingerprint density at radius 3 is 2.57 bits per heavy atom. The number of anilines is 2. The molecule has 0 unspecified atom stereocenters. The minimum atomic E-state index is -0.319. The van der Waals surface area contributed by atoms with Crippen LogP contribution in [0.2, 0.25) is 5.02 Å². The molecule has 0 aliphatic carbocycles. The number of halogens is 1. The van der Waals surface area contributed by atoms with Crippen molar-refractivity contribution in [3.8, 4) is 5.75 Å². The minimum Gasteiger partial charge on any atom is -0.495 e. The van der Waals surface area contributed by atoms with Gasteiger partial charge in [-0.1, -0.05) is 11.6 Å². The van der Waals surface area contributed by atoms with Crippen LogP contribution in [0.5, 0.6) is 5.75 Å². The molecule has 28 heavy (non-hydrogen) atoms. The average molecular weight is 417 g/mol. The van der Waals surface area contributed by atoms with Crippen molar-refractivity contribution in [2.45, 2.75) is 4.90 Å². The highest BCUT2D eigenvalue weighted by Crippen LogP contribution is 2.28. The molecule has 144 valence electrons. The van der Waals surface area contributed by atoms with Gasteiger partial charge in [-0.25, -0.2) is 0 Å². The van der Waals surface area contributed by atoms with E-state index in [1.165, 1.54) is 25.1 Å². The van der Waals surface area contributed by atoms with E-state index < -0.39 is 0 Å². The number of hydrogen-bond donors (Lipinski definition) is 2. The van der Waals surface area contributed by atoms with Gasteiger partial charge in [0, 0.05) is 15.6 Å². The van der Waals surface area contributed by atoms with Crippen LogP contribution >= 0.6 is 23.4 Å². The number of thioether (sulfide) groups is 1. The normalized spacial score (nSPS) is 10.4. The van der Waals surface area contributed by atoms with Gasteiger partial charge in [-0.15, -0.1) is 11.8 Å². The predicted molar refractivity (Wildman–Crippen MR) is 110 cm³/mol. The van der Waals surface area contributed by atoms with Gasteiger partial charge in [-0.05, 0) is 54.6 Å². The summed E-state index contributed by atoms with van der Waals surface area (Å²) in [5.74, 6) is 0.500. The molecular formula is C20H17ClN2O4S. The van der Waals surface area contributed by atoms with Crippen LogP contribution in [0.25, 0.3) is 0 Å². The highest BCUT2D eigenvalue weighted by atomic mass is 35.5. The Hall–Kier alpha value is -2.90. The summed E-state index contributed by atoms with van der Waals surface area (Å²) in [4.78, 5) is 25.0. The summed E-state index contributed by atoms with van der Waals surface area (Å²) in [6, 6.07) is 15.5. The summed E-state index contributed by atoms with van der Waals surface area (Å²) >= 11 is 7.34. The lowest BCUT2D eigenvalue weighted by Gasteiger charge is -2.10. The molecule has 2 amide bonds. The van der Waals surface area contributed by atoms with Crippen molar-refractivity contribution in [3.63, 3.8) is 0 Å². The monoisotopic (exact) mass is 416 g/mol. The third-order valence-electron chi connectivity index (χ3n) is 3.66. The zero-order valence-corrected chi connectivity index (χ0v) is 16.5. The maximum Gasteiger partial charge on any atom is 0.291 e. The SMILES string of the molecule is COc1ccc(Cl)cc1NC(=O)CSc1ccc(NC(=O)c2ccco2)cc1. The minimum absolute atomic E-state index is 0.180. The molecule has 3 aromatic rings. The van der Waals surface area contributed by atoms with E-state index >= 15 is 0 Å². The molecule has 0 saturated heterocycles. The van der Waals surface area contributed by atoms with Crippen LogP contribution in [-0.2, 0) is 4.79 Å². The Bertz CT molecular complexity index is 959. The van der Waals surface area contributed by atoms with Crippen molar-refractivity contribution in [2.24, 2.45) is 0 Å². The van der Waals surface area contributed by atoms with E-state index in [-0.39, 0.29) is 23.3 Å². The van der Waals surface area contributed by atoms with E-state index in [4.69, 9.17) is 20.8 Å². The largest absolute Gasteiger partial charge is 0.495 e. The standard InChI is InChI=1S/C20H17ClN2O4S/c1-26-17-9-4-13(21)11-16(17)23-19(24)12-28-15-7-5-14(6-8-15)22-20(25)18-3-2-10-27-18/h2-11H,12H2,1H3,(H,22,25)(H,23,24). The predicted octanol–water partition coefficient (Wildman–Crippen LogP) is 4.92. The molecule has 0 spiro atoms. The lowest BCUT2D eigenvalue weighted by Crippen LogP contribution is -2.14. The number of furan rings is 1. The van der Waals surface area contributed by atoms with Crippen LogP contribution in [0.3, 0.4) is 0 Å². The molecule has 6 nitrogen and oxygen atoms in total. The van der Waals surface area contributed by atoms with E-state index in [2.05, 4.69) is 10.6 Å². The number of carbonyl (C=O) groups excluding carboxylic acids is 2. The van der Waals surface area contributed by atoms with Crippen LogP contribution in [0.4, 0.5) is 11.4 Å². The smallest absolute Gasteiger partial charge is 0.291 e. The third kappa shape index (κ3) is 5.31. The fourth-order valence-electron chi connectivity index (χ4n) is 2.35. The number of methoxy groups -OCH3 is 1. The summed E-state index contributed by atoms with van der Waals surface area (Å²) in [5, 5.41) is 6.04. The van der Waals surface area contributed by atoms with Crippen molar-refractivity contribution < 1.29 is 18.7 Å². The van der Waals surface area contributed by atoms with Gasteiger partial charge in [-0.2, -0.15) is 0 Å². The van der Waals surface area contributed by atoms with Crippen LogP contribution < -0.4 is 15.4 Å². The van der Waals surface area contributed by atoms with Crippen LogP contribution in [-0.4, -0.2) is 24.7 Å². The highest BCUT2D eigenvalue weighted by Gasteiger charge is 2.10. The summed E-state index contributed by atoms with van der Waals surface area (Å²) in [5.41, 5.74) is 1.16.